The number of imidazole rings is 1. The third-order valence-corrected chi connectivity index (χ3v) is 4.60. The van der Waals surface area contributed by atoms with E-state index < -0.39 is 12.1 Å². The average Bonchev–Trinajstić information content (AvgIpc) is 3.30. The van der Waals surface area contributed by atoms with Crippen LogP contribution in [0.25, 0.3) is 34.2 Å². The lowest BCUT2D eigenvalue weighted by atomic mass is 10.1. The molecule has 0 fully saturated rings. The number of alkyl halides is 3. The first-order chi connectivity index (χ1) is 14.2. The van der Waals surface area contributed by atoms with Crippen LogP contribution < -0.4 is 4.74 Å². The lowest BCUT2D eigenvalue weighted by molar-refractivity contribution is -0.274. The van der Waals surface area contributed by atoms with Crippen molar-refractivity contribution in [1.82, 2.24) is 9.97 Å². The van der Waals surface area contributed by atoms with E-state index in [1.165, 1.54) is 24.3 Å². The second-order valence-electron chi connectivity index (χ2n) is 6.42. The maximum Gasteiger partial charge on any atom is 0.573 e. The monoisotopic (exact) mass is 436 g/mol. The Morgan fingerprint density at radius 3 is 2.33 bits per heavy atom. The molecule has 0 saturated heterocycles. The van der Waals surface area contributed by atoms with Crippen molar-refractivity contribution in [2.45, 2.75) is 13.3 Å². The molecule has 154 valence electrons. The molecule has 0 atom stereocenters. The maximum absolute atomic E-state index is 13.2. The largest absolute Gasteiger partial charge is 0.573 e. The lowest BCUT2D eigenvalue weighted by Gasteiger charge is -2.11. The first-order valence-corrected chi connectivity index (χ1v) is 9.06. The molecule has 0 aliphatic heterocycles. The molecule has 2 aromatic heterocycles. The minimum Gasteiger partial charge on any atom is -0.453 e. The van der Waals surface area contributed by atoms with Gasteiger partial charge in [-0.1, -0.05) is 11.6 Å². The number of aromatic nitrogens is 2. The van der Waals surface area contributed by atoms with Gasteiger partial charge in [-0.15, -0.1) is 13.2 Å². The third kappa shape index (κ3) is 4.18. The molecule has 0 saturated carbocycles. The van der Waals surface area contributed by atoms with Crippen LogP contribution in [-0.2, 0) is 0 Å². The van der Waals surface area contributed by atoms with Crippen molar-refractivity contribution >= 4 is 11.6 Å². The van der Waals surface area contributed by atoms with Crippen LogP contribution in [0.1, 0.15) is 5.69 Å². The number of hydrogen-bond acceptors (Lipinski definition) is 3. The van der Waals surface area contributed by atoms with Crippen LogP contribution in [0.2, 0.25) is 5.02 Å². The van der Waals surface area contributed by atoms with E-state index in [0.29, 0.717) is 28.6 Å². The molecule has 1 N–H and O–H groups in total. The normalized spacial score (nSPS) is 11.7. The van der Waals surface area contributed by atoms with Gasteiger partial charge in [0.2, 0.25) is 0 Å². The lowest BCUT2D eigenvalue weighted by Crippen LogP contribution is -2.17. The van der Waals surface area contributed by atoms with Gasteiger partial charge >= 0.3 is 6.36 Å². The van der Waals surface area contributed by atoms with Gasteiger partial charge < -0.3 is 14.1 Å². The third-order valence-electron chi connectivity index (χ3n) is 4.28. The highest BCUT2D eigenvalue weighted by molar-refractivity contribution is 6.32. The molecule has 2 aromatic carbocycles. The number of halogens is 5. The van der Waals surface area contributed by atoms with E-state index in [2.05, 4.69) is 14.7 Å². The van der Waals surface area contributed by atoms with Crippen molar-refractivity contribution in [3.8, 4) is 39.9 Å². The van der Waals surface area contributed by atoms with Gasteiger partial charge in [-0.05, 0) is 61.5 Å². The van der Waals surface area contributed by atoms with Crippen molar-refractivity contribution in [2.24, 2.45) is 0 Å². The standard InChI is InChI=1S/C21H13ClF4N2O2/c1-11-19(12-2-5-14(23)6-3-12)28-20(27-11)17-9-8-16(29-17)13-4-7-15(22)18(10-13)30-21(24,25)26/h2-10H,1H3,(H,27,28). The predicted molar refractivity (Wildman–Crippen MR) is 104 cm³/mol. The number of aromatic amines is 1. The van der Waals surface area contributed by atoms with Crippen LogP contribution in [0.3, 0.4) is 0 Å². The summed E-state index contributed by atoms with van der Waals surface area (Å²) in [6.45, 7) is 1.82. The number of benzene rings is 2. The first kappa shape index (κ1) is 20.0. The Balaban J connectivity index is 1.65. The molecule has 0 spiro atoms. The first-order valence-electron chi connectivity index (χ1n) is 8.68. The molecule has 4 rings (SSSR count). The summed E-state index contributed by atoms with van der Waals surface area (Å²) in [5.74, 6) is 0.256. The van der Waals surface area contributed by atoms with E-state index in [9.17, 15) is 17.6 Å². The van der Waals surface area contributed by atoms with E-state index in [0.717, 1.165) is 17.3 Å². The minimum atomic E-state index is -4.86. The summed E-state index contributed by atoms with van der Waals surface area (Å²) >= 11 is 5.78. The highest BCUT2D eigenvalue weighted by Gasteiger charge is 2.32. The molecule has 2 heterocycles. The number of rotatable bonds is 4. The molecule has 0 amide bonds. The van der Waals surface area contributed by atoms with E-state index in [4.69, 9.17) is 16.0 Å². The average molecular weight is 437 g/mol. The van der Waals surface area contributed by atoms with E-state index in [1.54, 1.807) is 24.3 Å². The Kier molecular flexibility index (Phi) is 5.03. The van der Waals surface area contributed by atoms with Crippen molar-refractivity contribution in [3.63, 3.8) is 0 Å². The smallest absolute Gasteiger partial charge is 0.453 e. The van der Waals surface area contributed by atoms with Crippen LogP contribution >= 0.6 is 11.6 Å². The van der Waals surface area contributed by atoms with E-state index in [-0.39, 0.29) is 10.8 Å². The number of nitrogens with one attached hydrogen (secondary N) is 1. The van der Waals surface area contributed by atoms with Gasteiger partial charge in [-0.3, -0.25) is 0 Å². The van der Waals surface area contributed by atoms with Crippen molar-refractivity contribution in [2.75, 3.05) is 0 Å². The molecule has 0 unspecified atom stereocenters. The van der Waals surface area contributed by atoms with Crippen LogP contribution in [0.15, 0.2) is 59.0 Å². The highest BCUT2D eigenvalue weighted by Crippen LogP contribution is 2.36. The predicted octanol–water partition coefficient (Wildman–Crippen LogP) is 7.00. The summed E-state index contributed by atoms with van der Waals surface area (Å²) in [7, 11) is 0. The van der Waals surface area contributed by atoms with Crippen LogP contribution in [-0.4, -0.2) is 16.3 Å². The van der Waals surface area contributed by atoms with Gasteiger partial charge in [0.05, 0.1) is 10.7 Å². The summed E-state index contributed by atoms with van der Waals surface area (Å²) in [6.07, 6.45) is -4.86. The molecular weight excluding hydrogens is 424 g/mol. The fourth-order valence-electron chi connectivity index (χ4n) is 2.95. The van der Waals surface area contributed by atoms with Gasteiger partial charge in [0, 0.05) is 16.8 Å². The van der Waals surface area contributed by atoms with Crippen molar-refractivity contribution in [1.29, 1.82) is 0 Å². The van der Waals surface area contributed by atoms with Gasteiger partial charge in [-0.25, -0.2) is 9.37 Å². The fourth-order valence-corrected chi connectivity index (χ4v) is 3.10. The zero-order valence-electron chi connectivity index (χ0n) is 15.3. The molecule has 0 aliphatic carbocycles. The summed E-state index contributed by atoms with van der Waals surface area (Å²) in [4.78, 5) is 7.60. The quantitative estimate of drug-likeness (QED) is 0.350. The summed E-state index contributed by atoms with van der Waals surface area (Å²) in [5, 5.41) is -0.173. The molecule has 0 radical (unpaired) electrons. The second-order valence-corrected chi connectivity index (χ2v) is 6.83. The number of ether oxygens (including phenoxy) is 1. The van der Waals surface area contributed by atoms with Crippen molar-refractivity contribution < 1.29 is 26.7 Å². The zero-order valence-corrected chi connectivity index (χ0v) is 16.1. The number of furan rings is 1. The second kappa shape index (κ2) is 7.53. The number of H-pyrrole nitrogens is 1. The molecule has 30 heavy (non-hydrogen) atoms. The fraction of sp³-hybridized carbons (Fsp3) is 0.0952. The van der Waals surface area contributed by atoms with Gasteiger partial charge in [0.1, 0.15) is 17.3 Å². The van der Waals surface area contributed by atoms with Gasteiger partial charge in [0.25, 0.3) is 0 Å². The molecule has 0 bridgehead atoms. The highest BCUT2D eigenvalue weighted by atomic mass is 35.5. The Morgan fingerprint density at radius 2 is 1.63 bits per heavy atom. The molecule has 4 aromatic rings. The summed E-state index contributed by atoms with van der Waals surface area (Å²) in [6, 6.07) is 13.1. The topological polar surface area (TPSA) is 51.0 Å². The van der Waals surface area contributed by atoms with Crippen molar-refractivity contribution in [3.05, 3.63) is 71.1 Å². The van der Waals surface area contributed by atoms with Gasteiger partial charge in [0.15, 0.2) is 11.6 Å². The minimum absolute atomic E-state index is 0.173. The number of aryl methyl sites for hydroxylation is 1. The van der Waals surface area contributed by atoms with Gasteiger partial charge in [-0.2, -0.15) is 0 Å². The summed E-state index contributed by atoms with van der Waals surface area (Å²) in [5.41, 5.74) is 2.47. The zero-order chi connectivity index (χ0) is 21.5. The maximum atomic E-state index is 13.2. The molecule has 4 nitrogen and oxygen atoms in total. The number of hydrogen-bond donors (Lipinski definition) is 1. The van der Waals surface area contributed by atoms with E-state index in [1.807, 2.05) is 6.92 Å². The molecular formula is C21H13ClF4N2O2. The Bertz CT molecular complexity index is 1200. The Hall–Kier alpha value is -3.26. The number of nitrogens with zero attached hydrogens (tertiary/aromatic N) is 1. The Morgan fingerprint density at radius 1 is 0.967 bits per heavy atom. The van der Waals surface area contributed by atoms with Crippen LogP contribution in [0, 0.1) is 12.7 Å². The molecule has 0 aliphatic rings. The van der Waals surface area contributed by atoms with Crippen LogP contribution in [0.5, 0.6) is 5.75 Å². The van der Waals surface area contributed by atoms with E-state index >= 15 is 0 Å². The van der Waals surface area contributed by atoms with Crippen LogP contribution in [0.4, 0.5) is 17.6 Å². The SMILES string of the molecule is Cc1[nH]c(-c2ccc(-c3ccc(Cl)c(OC(F)(F)F)c3)o2)nc1-c1ccc(F)cc1. The summed E-state index contributed by atoms with van der Waals surface area (Å²) < 4.78 is 60.5. The molecule has 9 heteroatoms. The Labute approximate surface area is 173 Å².